The summed E-state index contributed by atoms with van der Waals surface area (Å²) in [7, 11) is 3.15. The van der Waals surface area contributed by atoms with Gasteiger partial charge in [-0.05, 0) is 38.0 Å². The van der Waals surface area contributed by atoms with E-state index in [1.807, 2.05) is 55.7 Å². The minimum atomic E-state index is -0.661. The summed E-state index contributed by atoms with van der Waals surface area (Å²) < 4.78 is 3.67. The number of likely N-dealkylation sites (N-methyl/N-ethyl adjacent to an activating group) is 2. The Labute approximate surface area is 163 Å². The number of hydrogen-bond acceptors (Lipinski definition) is 4. The number of amides is 3. The van der Waals surface area contributed by atoms with E-state index in [1.54, 1.807) is 11.7 Å². The Kier molecular flexibility index (Phi) is 4.14. The molecule has 2 aliphatic rings. The van der Waals surface area contributed by atoms with Crippen LogP contribution in [0.2, 0.25) is 0 Å². The molecule has 8 nitrogen and oxygen atoms in total. The first-order valence-electron chi connectivity index (χ1n) is 9.15. The van der Waals surface area contributed by atoms with Gasteiger partial charge in [0, 0.05) is 14.1 Å². The van der Waals surface area contributed by atoms with Gasteiger partial charge in [0.05, 0.1) is 12.2 Å². The third-order valence-corrected chi connectivity index (χ3v) is 5.31. The highest BCUT2D eigenvalue weighted by molar-refractivity contribution is 6.22. The molecule has 4 rings (SSSR count). The van der Waals surface area contributed by atoms with Gasteiger partial charge in [-0.3, -0.25) is 14.6 Å². The Balaban J connectivity index is 1.90. The van der Waals surface area contributed by atoms with E-state index in [0.29, 0.717) is 18.3 Å². The van der Waals surface area contributed by atoms with Crippen LogP contribution in [0.5, 0.6) is 0 Å². The number of aliphatic imine (C=N–C) groups is 1. The highest BCUT2D eigenvalue weighted by Crippen LogP contribution is 2.22. The highest BCUT2D eigenvalue weighted by atomic mass is 16.2. The van der Waals surface area contributed by atoms with Gasteiger partial charge in [0.15, 0.2) is 0 Å². The van der Waals surface area contributed by atoms with E-state index in [1.165, 1.54) is 11.9 Å². The number of fused-ring (bicyclic) bond motifs is 1. The van der Waals surface area contributed by atoms with Gasteiger partial charge in [-0.15, -0.1) is 9.78 Å². The molecule has 1 unspecified atom stereocenters. The number of carbonyl (C=O) groups is 2. The van der Waals surface area contributed by atoms with Crippen molar-refractivity contribution in [1.82, 2.24) is 19.6 Å². The maximum absolute atomic E-state index is 13.0. The van der Waals surface area contributed by atoms with E-state index >= 15 is 0 Å². The molecule has 0 radical (unpaired) electrons. The van der Waals surface area contributed by atoms with Crippen molar-refractivity contribution < 1.29 is 14.2 Å². The summed E-state index contributed by atoms with van der Waals surface area (Å²) in [5.74, 6) is 0.702. The lowest BCUT2D eigenvalue weighted by Gasteiger charge is -2.31. The largest absolute Gasteiger partial charge is 0.421 e. The normalized spacial score (nSPS) is 19.5. The summed E-state index contributed by atoms with van der Waals surface area (Å²) >= 11 is 0. The molecule has 8 heteroatoms. The van der Waals surface area contributed by atoms with E-state index in [4.69, 9.17) is 4.99 Å². The SMILES string of the molecule is Cc1cc(C)n(C2=[N+](Cc3ccccc3C)C3C(=O)N(C)C(=O)N(C)C3=N2)n1. The lowest BCUT2D eigenvalue weighted by molar-refractivity contribution is -0.553. The van der Waals surface area contributed by atoms with Crippen molar-refractivity contribution in [3.8, 4) is 0 Å². The van der Waals surface area contributed by atoms with Crippen LogP contribution < -0.4 is 0 Å². The lowest BCUT2D eigenvalue weighted by Crippen LogP contribution is -2.61. The van der Waals surface area contributed by atoms with E-state index in [-0.39, 0.29) is 11.9 Å². The Morgan fingerprint density at radius 2 is 1.79 bits per heavy atom. The Morgan fingerprint density at radius 1 is 1.07 bits per heavy atom. The molecule has 1 aromatic heterocycles. The Morgan fingerprint density at radius 3 is 2.43 bits per heavy atom. The van der Waals surface area contributed by atoms with Crippen LogP contribution >= 0.6 is 0 Å². The average molecular weight is 379 g/mol. The molecular formula is C20H23N6O2+. The summed E-state index contributed by atoms with van der Waals surface area (Å²) in [6.07, 6.45) is 0. The predicted octanol–water partition coefficient (Wildman–Crippen LogP) is 1.53. The van der Waals surface area contributed by atoms with Crippen LogP contribution in [0.4, 0.5) is 4.79 Å². The second-order valence-electron chi connectivity index (χ2n) is 7.30. The van der Waals surface area contributed by atoms with Crippen LogP contribution in [0.15, 0.2) is 35.3 Å². The monoisotopic (exact) mass is 379 g/mol. The lowest BCUT2D eigenvalue weighted by atomic mass is 10.1. The van der Waals surface area contributed by atoms with Crippen molar-refractivity contribution in [2.45, 2.75) is 33.4 Å². The number of imide groups is 1. The van der Waals surface area contributed by atoms with Crippen LogP contribution in [-0.2, 0) is 11.3 Å². The second kappa shape index (κ2) is 6.40. The number of aryl methyl sites for hydroxylation is 3. The molecule has 2 aliphatic heterocycles. The number of urea groups is 1. The van der Waals surface area contributed by atoms with Crippen molar-refractivity contribution in [2.75, 3.05) is 14.1 Å². The van der Waals surface area contributed by atoms with Gasteiger partial charge < -0.3 is 0 Å². The number of amidine groups is 1. The number of benzene rings is 1. The maximum Gasteiger partial charge on any atom is 0.421 e. The van der Waals surface area contributed by atoms with E-state index in [0.717, 1.165) is 27.4 Å². The van der Waals surface area contributed by atoms with Gasteiger partial charge in [-0.1, -0.05) is 29.3 Å². The molecular weight excluding hydrogens is 356 g/mol. The van der Waals surface area contributed by atoms with Gasteiger partial charge in [-0.2, -0.15) is 0 Å². The molecule has 144 valence electrons. The fourth-order valence-electron chi connectivity index (χ4n) is 3.72. The quantitative estimate of drug-likeness (QED) is 0.743. The Bertz CT molecular complexity index is 1060. The fraction of sp³-hybridized carbons (Fsp3) is 0.350. The van der Waals surface area contributed by atoms with Gasteiger partial charge in [0.1, 0.15) is 5.69 Å². The molecule has 3 heterocycles. The summed E-state index contributed by atoms with van der Waals surface area (Å²) in [4.78, 5) is 32.7. The van der Waals surface area contributed by atoms with Gasteiger partial charge in [0.25, 0.3) is 5.91 Å². The molecule has 1 fully saturated rings. The standard InChI is InChI=1S/C20H23N6O2/c1-12-8-6-7-9-15(12)11-25-16-17(23(4)20(28)24(5)18(16)27)21-19(25)26-14(3)10-13(2)22-26/h6-10,16H,11H2,1-5H3/q+1. The topological polar surface area (TPSA) is 73.8 Å². The number of nitrogens with zero attached hydrogens (tertiary/aromatic N) is 6. The van der Waals surface area contributed by atoms with Crippen LogP contribution in [0.1, 0.15) is 22.5 Å². The van der Waals surface area contributed by atoms with Gasteiger partial charge >= 0.3 is 12.0 Å². The minimum absolute atomic E-state index is 0.285. The summed E-state index contributed by atoms with van der Waals surface area (Å²) in [6.45, 7) is 6.39. The molecule has 0 saturated carbocycles. The highest BCUT2D eigenvalue weighted by Gasteiger charge is 2.52. The molecule has 0 spiro atoms. The van der Waals surface area contributed by atoms with Gasteiger partial charge in [0.2, 0.25) is 11.9 Å². The maximum atomic E-state index is 13.0. The van der Waals surface area contributed by atoms with Gasteiger partial charge in [-0.25, -0.2) is 9.37 Å². The molecule has 2 aromatic rings. The second-order valence-corrected chi connectivity index (χ2v) is 7.30. The summed E-state index contributed by atoms with van der Waals surface area (Å²) in [5, 5.41) is 4.56. The zero-order chi connectivity index (χ0) is 20.2. The first kappa shape index (κ1) is 18.1. The van der Waals surface area contributed by atoms with Crippen molar-refractivity contribution in [1.29, 1.82) is 0 Å². The number of hydrogen-bond donors (Lipinski definition) is 0. The Hall–Kier alpha value is -3.29. The first-order chi connectivity index (χ1) is 13.3. The van der Waals surface area contributed by atoms with Crippen molar-refractivity contribution in [3.63, 3.8) is 0 Å². The molecule has 28 heavy (non-hydrogen) atoms. The first-order valence-corrected chi connectivity index (χ1v) is 9.15. The molecule has 0 bridgehead atoms. The molecule has 1 atom stereocenters. The van der Waals surface area contributed by atoms with E-state index in [2.05, 4.69) is 5.10 Å². The zero-order valence-corrected chi connectivity index (χ0v) is 16.7. The smallest absolute Gasteiger partial charge is 0.270 e. The number of aromatic nitrogens is 2. The zero-order valence-electron chi connectivity index (χ0n) is 16.7. The van der Waals surface area contributed by atoms with E-state index in [9.17, 15) is 9.59 Å². The number of carbonyl (C=O) groups excluding carboxylic acids is 2. The van der Waals surface area contributed by atoms with Crippen molar-refractivity contribution in [2.24, 2.45) is 4.99 Å². The third kappa shape index (κ3) is 2.64. The number of rotatable bonds is 2. The molecule has 1 aromatic carbocycles. The minimum Gasteiger partial charge on any atom is -0.270 e. The molecule has 1 saturated heterocycles. The van der Waals surface area contributed by atoms with Crippen LogP contribution in [0.25, 0.3) is 0 Å². The van der Waals surface area contributed by atoms with Crippen LogP contribution in [0, 0.1) is 20.8 Å². The van der Waals surface area contributed by atoms with E-state index < -0.39 is 6.04 Å². The van der Waals surface area contributed by atoms with Crippen molar-refractivity contribution >= 4 is 23.7 Å². The van der Waals surface area contributed by atoms with Crippen molar-refractivity contribution in [3.05, 3.63) is 52.8 Å². The fourth-order valence-corrected chi connectivity index (χ4v) is 3.72. The third-order valence-electron chi connectivity index (χ3n) is 5.31. The summed E-state index contributed by atoms with van der Waals surface area (Å²) in [5.41, 5.74) is 4.00. The predicted molar refractivity (Wildman–Crippen MR) is 104 cm³/mol. The van der Waals surface area contributed by atoms with Crippen LogP contribution in [-0.4, -0.2) is 68.0 Å². The average Bonchev–Trinajstić information content (AvgIpc) is 3.19. The van der Waals surface area contributed by atoms with Crippen LogP contribution in [0.3, 0.4) is 0 Å². The molecule has 3 amide bonds. The molecule has 0 N–H and O–H groups in total. The summed E-state index contributed by atoms with van der Waals surface area (Å²) in [6, 6.07) is 8.97. The molecule has 0 aliphatic carbocycles.